The Morgan fingerprint density at radius 2 is 1.74 bits per heavy atom. The molecule has 35 heavy (non-hydrogen) atoms. The molecule has 1 unspecified atom stereocenters. The van der Waals surface area contributed by atoms with Gasteiger partial charge in [-0.3, -0.25) is 4.79 Å². The molecule has 0 aliphatic rings. The maximum Gasteiger partial charge on any atom is 0.450 e. The Morgan fingerprint density at radius 1 is 1.06 bits per heavy atom. The Hall–Kier alpha value is -4.19. The van der Waals surface area contributed by atoms with Gasteiger partial charge in [0.15, 0.2) is 5.69 Å². The fourth-order valence-corrected chi connectivity index (χ4v) is 3.45. The van der Waals surface area contributed by atoms with E-state index in [1.54, 1.807) is 6.07 Å². The number of rotatable bonds is 5. The molecule has 0 radical (unpaired) electrons. The minimum Gasteiger partial charge on any atom is -0.595 e. The van der Waals surface area contributed by atoms with Crippen molar-refractivity contribution in [1.29, 1.82) is 0 Å². The summed E-state index contributed by atoms with van der Waals surface area (Å²) in [5.41, 5.74) is -2.19. The number of fused-ring (bicyclic) bond motifs is 1. The number of hydrogen-bond donors (Lipinski definition) is 2. The fraction of sp³-hybridized carbons (Fsp3) is 0.0833. The fourth-order valence-electron chi connectivity index (χ4n) is 3.45. The van der Waals surface area contributed by atoms with Gasteiger partial charge in [-0.1, -0.05) is 18.2 Å². The number of hydrogen-bond acceptors (Lipinski definition) is 7. The highest BCUT2D eigenvalue weighted by Crippen LogP contribution is 2.40. The molecule has 1 atom stereocenters. The Bertz CT molecular complexity index is 1460. The van der Waals surface area contributed by atoms with E-state index >= 15 is 0 Å². The molecule has 8 nitrogen and oxygen atoms in total. The molecule has 0 amide bonds. The number of para-hydroxylation sites is 1. The van der Waals surface area contributed by atoms with Crippen LogP contribution in [0.2, 0.25) is 0 Å². The summed E-state index contributed by atoms with van der Waals surface area (Å²) in [6, 6.07) is 14.0. The Kier molecular flexibility index (Phi) is 6.31. The summed E-state index contributed by atoms with van der Waals surface area (Å²) >= 11 is 0. The van der Waals surface area contributed by atoms with Crippen molar-refractivity contribution in [2.45, 2.75) is 6.18 Å². The van der Waals surface area contributed by atoms with Gasteiger partial charge in [-0.25, -0.2) is 10.0 Å². The van der Waals surface area contributed by atoms with E-state index in [1.807, 2.05) is 0 Å². The van der Waals surface area contributed by atoms with Gasteiger partial charge in [0, 0.05) is 23.8 Å². The molecule has 2 N–H and O–H groups in total. The molecule has 180 valence electrons. The van der Waals surface area contributed by atoms with Crippen molar-refractivity contribution in [3.05, 3.63) is 93.5 Å². The number of carbonyl (C=O) groups is 1. The first-order valence-electron chi connectivity index (χ1n) is 9.97. The molecule has 0 aliphatic carbocycles. The maximum absolute atomic E-state index is 13.9. The Labute approximate surface area is 194 Å². The van der Waals surface area contributed by atoms with Crippen molar-refractivity contribution in [2.75, 3.05) is 7.11 Å². The first-order valence-corrected chi connectivity index (χ1v) is 9.97. The number of ether oxygens (including phenoxy) is 2. The predicted octanol–water partition coefficient (Wildman–Crippen LogP) is 4.11. The largest absolute Gasteiger partial charge is 0.595 e. The Balaban J connectivity index is 1.78. The first kappa shape index (κ1) is 24.0. The molecule has 0 aliphatic heterocycles. The van der Waals surface area contributed by atoms with Crippen molar-refractivity contribution in [1.82, 2.24) is 0 Å². The molecule has 4 rings (SSSR count). The van der Waals surface area contributed by atoms with Gasteiger partial charge in [-0.2, -0.15) is 18.4 Å². The van der Waals surface area contributed by atoms with Gasteiger partial charge in [-0.05, 0) is 30.3 Å². The zero-order valence-corrected chi connectivity index (χ0v) is 17.9. The zero-order chi connectivity index (χ0) is 25.3. The summed E-state index contributed by atoms with van der Waals surface area (Å²) in [5, 5.41) is 18.5. The molecule has 4 aromatic rings. The summed E-state index contributed by atoms with van der Waals surface area (Å²) in [5.74, 6) is -2.52. The lowest BCUT2D eigenvalue weighted by atomic mass is 10.0. The molecular weight excluding hydrogens is 471 g/mol. The number of benzene rings is 3. The van der Waals surface area contributed by atoms with Gasteiger partial charge in [0.1, 0.15) is 17.1 Å². The summed E-state index contributed by atoms with van der Waals surface area (Å²) < 4.78 is 57.1. The monoisotopic (exact) mass is 487 g/mol. The predicted molar refractivity (Wildman–Crippen MR) is 117 cm³/mol. The van der Waals surface area contributed by atoms with Crippen LogP contribution in [0.1, 0.15) is 16.1 Å². The number of methoxy groups -OCH3 is 1. The van der Waals surface area contributed by atoms with Crippen molar-refractivity contribution < 1.29 is 42.3 Å². The summed E-state index contributed by atoms with van der Waals surface area (Å²) in [6.45, 7) is 0. The van der Waals surface area contributed by atoms with E-state index in [2.05, 4.69) is 0 Å². The van der Waals surface area contributed by atoms with Crippen molar-refractivity contribution >= 4 is 22.6 Å². The third-order valence-corrected chi connectivity index (χ3v) is 5.08. The molecule has 0 saturated carbocycles. The molecule has 0 bridgehead atoms. The van der Waals surface area contributed by atoms with Crippen LogP contribution >= 0.6 is 0 Å². The molecule has 0 saturated heterocycles. The van der Waals surface area contributed by atoms with E-state index in [9.17, 15) is 28.0 Å². The molecule has 0 spiro atoms. The van der Waals surface area contributed by atoms with Crippen LogP contribution in [0.3, 0.4) is 0 Å². The summed E-state index contributed by atoms with van der Waals surface area (Å²) in [7, 11) is 1.27. The van der Waals surface area contributed by atoms with Crippen LogP contribution in [-0.2, 0) is 6.18 Å². The minimum atomic E-state index is -5.01. The second kappa shape index (κ2) is 9.22. The number of esters is 1. The van der Waals surface area contributed by atoms with E-state index in [1.165, 1.54) is 61.7 Å². The number of alkyl halides is 3. The SMILES string of the molecule is COc1ccccc1-c1c(C(F)(F)F)oc2cc(OC(=O)c3ccc([NH+]([O-])O)cc3)ccc2c1=O. The van der Waals surface area contributed by atoms with Gasteiger partial charge in [0.05, 0.1) is 23.6 Å². The van der Waals surface area contributed by atoms with Gasteiger partial charge in [0.2, 0.25) is 11.2 Å². The van der Waals surface area contributed by atoms with Crippen LogP contribution in [0.4, 0.5) is 18.9 Å². The van der Waals surface area contributed by atoms with Crippen molar-refractivity contribution in [2.24, 2.45) is 0 Å². The molecule has 1 aromatic heterocycles. The average molecular weight is 487 g/mol. The van der Waals surface area contributed by atoms with Gasteiger partial charge in [0.25, 0.3) is 0 Å². The minimum absolute atomic E-state index is 0.0130. The quantitative estimate of drug-likeness (QED) is 0.247. The summed E-state index contributed by atoms with van der Waals surface area (Å²) in [4.78, 5) is 25.5. The smallest absolute Gasteiger partial charge is 0.450 e. The van der Waals surface area contributed by atoms with Crippen LogP contribution in [0.15, 0.2) is 75.9 Å². The molecule has 0 fully saturated rings. The number of nitrogens with one attached hydrogen (secondary N) is 1. The normalized spacial score (nSPS) is 12.4. The van der Waals surface area contributed by atoms with Crippen LogP contribution in [0.5, 0.6) is 11.5 Å². The summed E-state index contributed by atoms with van der Waals surface area (Å²) in [6.07, 6.45) is -5.01. The highest BCUT2D eigenvalue weighted by Gasteiger charge is 2.40. The lowest BCUT2D eigenvalue weighted by Crippen LogP contribution is -2.99. The second-order valence-corrected chi connectivity index (χ2v) is 7.26. The standard InChI is InChI=1S/C24H16F3NO7/c1-33-18-5-3-2-4-16(18)20-21(29)17-11-10-15(12-19(17)35-22(20)24(25,26)27)34-23(30)13-6-8-14(9-7-13)28(31)32/h2-12,28,31H,1H3. The van der Waals surface area contributed by atoms with E-state index < -0.39 is 39.7 Å². The van der Waals surface area contributed by atoms with Crippen molar-refractivity contribution in [3.63, 3.8) is 0 Å². The van der Waals surface area contributed by atoms with Gasteiger partial charge < -0.3 is 19.1 Å². The third-order valence-electron chi connectivity index (χ3n) is 5.08. The lowest BCUT2D eigenvalue weighted by Gasteiger charge is -2.15. The maximum atomic E-state index is 13.9. The van der Waals surface area contributed by atoms with Crippen LogP contribution in [0.25, 0.3) is 22.1 Å². The van der Waals surface area contributed by atoms with Crippen LogP contribution in [-0.4, -0.2) is 18.3 Å². The highest BCUT2D eigenvalue weighted by molar-refractivity contribution is 5.92. The van der Waals surface area contributed by atoms with E-state index in [0.717, 1.165) is 6.07 Å². The van der Waals surface area contributed by atoms with Crippen LogP contribution < -0.4 is 20.1 Å². The highest BCUT2D eigenvalue weighted by atomic mass is 19.4. The molecule has 3 aromatic carbocycles. The topological polar surface area (TPSA) is 113 Å². The Morgan fingerprint density at radius 3 is 2.37 bits per heavy atom. The third kappa shape index (κ3) is 4.73. The zero-order valence-electron chi connectivity index (χ0n) is 17.9. The van der Waals surface area contributed by atoms with Crippen LogP contribution in [0, 0.1) is 5.21 Å². The molecule has 11 heteroatoms. The van der Waals surface area contributed by atoms with E-state index in [0.29, 0.717) is 0 Å². The van der Waals surface area contributed by atoms with Gasteiger partial charge in [-0.15, -0.1) is 0 Å². The van der Waals surface area contributed by atoms with Crippen molar-refractivity contribution in [3.8, 4) is 22.6 Å². The van der Waals surface area contributed by atoms with E-state index in [4.69, 9.17) is 19.1 Å². The van der Waals surface area contributed by atoms with Gasteiger partial charge >= 0.3 is 12.1 Å². The average Bonchev–Trinajstić information content (AvgIpc) is 2.83. The number of quaternary nitrogens is 1. The first-order chi connectivity index (χ1) is 16.6. The molecule has 1 heterocycles. The molecular formula is C24H16F3NO7. The lowest BCUT2D eigenvalue weighted by molar-refractivity contribution is -0.991. The number of carbonyl (C=O) groups excluding carboxylic acids is 1. The second-order valence-electron chi connectivity index (χ2n) is 7.26. The number of halogens is 3. The van der Waals surface area contributed by atoms with E-state index in [-0.39, 0.29) is 33.7 Å².